The number of benzene rings is 4. The van der Waals surface area contributed by atoms with Gasteiger partial charge in [-0.25, -0.2) is 14.4 Å². The Balaban J connectivity index is 0.999. The molecule has 1 unspecified atom stereocenters. The van der Waals surface area contributed by atoms with E-state index in [1.54, 1.807) is 83.6 Å². The summed E-state index contributed by atoms with van der Waals surface area (Å²) in [6.07, 6.45) is 1.81. The van der Waals surface area contributed by atoms with Gasteiger partial charge in [0, 0.05) is 107 Å². The Morgan fingerprint density at radius 2 is 1.06 bits per heavy atom. The number of carboxylic acids is 1. The average molecular weight is 1790 g/mol. The molecule has 0 saturated carbocycles. The van der Waals surface area contributed by atoms with Crippen LogP contribution in [-0.2, 0) is 89.6 Å². The number of nitrogens with zero attached hydrogens (tertiary/aromatic N) is 4. The number of hydrogen-bond donors (Lipinski definition) is 10. The number of rotatable bonds is 31. The number of nitrogens with one attached hydrogen (secondary N) is 9. The van der Waals surface area contributed by atoms with Crippen molar-refractivity contribution in [1.82, 2.24) is 47.0 Å². The number of anilines is 4. The first-order chi connectivity index (χ1) is 61.5. The first-order valence-corrected chi connectivity index (χ1v) is 43.3. The van der Waals surface area contributed by atoms with Crippen molar-refractivity contribution in [2.75, 3.05) is 134 Å². The van der Waals surface area contributed by atoms with Crippen LogP contribution in [-0.4, -0.2) is 260 Å². The van der Waals surface area contributed by atoms with E-state index in [2.05, 4.69) is 54.4 Å². The molecule has 4 aromatic carbocycles. The van der Waals surface area contributed by atoms with Crippen molar-refractivity contribution in [3.8, 4) is 23.0 Å². The molecule has 0 radical (unpaired) electrons. The third kappa shape index (κ3) is 28.5. The predicted octanol–water partition coefficient (Wildman–Crippen LogP) is 6.64. The number of fused-ring (bicyclic) bond motifs is 2. The summed E-state index contributed by atoms with van der Waals surface area (Å²) in [4.78, 5) is 202. The molecule has 10 N–H and O–H groups in total. The van der Waals surface area contributed by atoms with Crippen LogP contribution in [0.4, 0.5) is 32.3 Å². The second-order valence-corrected chi connectivity index (χ2v) is 31.9. The van der Waals surface area contributed by atoms with Gasteiger partial charge in [-0.1, -0.05) is 30.8 Å². The number of methoxy groups -OCH3 is 4. The van der Waals surface area contributed by atoms with Gasteiger partial charge >= 0.3 is 18.2 Å². The van der Waals surface area contributed by atoms with Crippen LogP contribution in [0, 0.1) is 0 Å². The molecule has 38 nitrogen and oxygen atoms in total. The zero-order valence-corrected chi connectivity index (χ0v) is 74.2. The van der Waals surface area contributed by atoms with E-state index >= 15 is 0 Å². The summed E-state index contributed by atoms with van der Waals surface area (Å²) in [7, 11) is 5.91. The van der Waals surface area contributed by atoms with E-state index in [1.165, 1.54) is 64.9 Å². The Bertz CT molecular complexity index is 4640. The fourth-order valence-corrected chi connectivity index (χ4v) is 15.2. The molecule has 38 heteroatoms. The summed E-state index contributed by atoms with van der Waals surface area (Å²) in [6.45, 7) is 13.4. The lowest BCUT2D eigenvalue weighted by atomic mass is 10.0. The Morgan fingerprint density at radius 1 is 0.539 bits per heavy atom. The van der Waals surface area contributed by atoms with Gasteiger partial charge in [0.15, 0.2) is 28.8 Å². The quantitative estimate of drug-likeness (QED) is 0.0186. The van der Waals surface area contributed by atoms with Gasteiger partial charge < -0.3 is 110 Å². The molecule has 8 aliphatic rings. The van der Waals surface area contributed by atoms with E-state index < -0.39 is 114 Å². The van der Waals surface area contributed by atoms with Gasteiger partial charge in [-0.3, -0.25) is 62.5 Å². The number of carboxylic acid groups (broad SMARTS) is 1. The summed E-state index contributed by atoms with van der Waals surface area (Å²) in [5.74, 6) is -7.75. The third-order valence-corrected chi connectivity index (χ3v) is 22.6. The Kier molecular flexibility index (Phi) is 38.5. The van der Waals surface area contributed by atoms with Crippen LogP contribution in [0.2, 0.25) is 0 Å². The molecule has 128 heavy (non-hydrogen) atoms. The highest BCUT2D eigenvalue weighted by molar-refractivity contribution is 6.08. The molecule has 8 aliphatic heterocycles. The largest absolute Gasteiger partial charge is 0.493 e. The second kappa shape index (κ2) is 49.6. The fourth-order valence-electron chi connectivity index (χ4n) is 15.2. The van der Waals surface area contributed by atoms with Gasteiger partial charge in [-0.15, -0.1) is 0 Å². The molecule has 2 fully saturated rings. The molecule has 696 valence electrons. The lowest BCUT2D eigenvalue weighted by Crippen LogP contribution is -2.56. The zero-order valence-electron chi connectivity index (χ0n) is 74.2. The molecule has 8 atom stereocenters. The zero-order chi connectivity index (χ0) is 92.5. The van der Waals surface area contributed by atoms with Crippen LogP contribution in [0.1, 0.15) is 169 Å². The number of Topliss-reactive ketones (excluding diaryl/α,β-unsaturated/α-hetero) is 1. The minimum atomic E-state index is -1.74. The van der Waals surface area contributed by atoms with Crippen LogP contribution >= 0.6 is 0 Å². The first-order valence-electron chi connectivity index (χ1n) is 43.3. The van der Waals surface area contributed by atoms with Gasteiger partial charge in [0.25, 0.3) is 11.8 Å². The SMILES string of the molecule is C=C(COCCOC)NCCCC[C@@H]1NC(=O)[C@H](C)NC(=O)[C@H](NC(=O)CCCCC(=O)C(C)=C(C)C(=O)O)CC(=O)N[C@@H](C)C(=O)N[C@@H](CCCCNC(=O)COCCOC)C(=O)Nc2ccc(cc2)COC(=O)N2C[C@@H]3CCCN3C(=O)c3cc(OC)c(cc32)OCCCOc2cc3c(cc2OC)C(=O)N2CCC[C@H]2C(C)N3C(=O)OCc2ccc(cc2)NC1=O. The van der Waals surface area contributed by atoms with Crippen LogP contribution in [0.5, 0.6) is 23.0 Å². The maximum Gasteiger partial charge on any atom is 0.414 e. The topological polar surface area (TPSA) is 473 Å². The highest BCUT2D eigenvalue weighted by atomic mass is 16.6. The van der Waals surface area contributed by atoms with E-state index in [0.29, 0.717) is 94.6 Å². The molecular weight excluding hydrogens is 1660 g/mol. The smallest absolute Gasteiger partial charge is 0.414 e. The molecule has 8 heterocycles. The Labute approximate surface area is 743 Å². The summed E-state index contributed by atoms with van der Waals surface area (Å²) in [5.41, 5.74) is 2.81. The maximum absolute atomic E-state index is 14.8. The number of ketones is 1. The number of hydrogen-bond acceptors (Lipinski definition) is 25. The van der Waals surface area contributed by atoms with E-state index in [4.69, 9.17) is 47.4 Å². The third-order valence-electron chi connectivity index (χ3n) is 22.6. The molecule has 2 saturated heterocycles. The van der Waals surface area contributed by atoms with Crippen LogP contribution in [0.3, 0.4) is 0 Å². The second-order valence-electron chi connectivity index (χ2n) is 31.9. The number of amides is 12. The minimum absolute atomic E-state index is 0.00849. The number of unbranched alkanes of at least 4 members (excludes halogenated alkanes) is 3. The molecule has 0 aliphatic carbocycles. The number of aliphatic carboxylic acids is 1. The number of carbonyl (C=O) groups excluding carboxylic acids is 13. The summed E-state index contributed by atoms with van der Waals surface area (Å²) < 4.78 is 57.4. The Morgan fingerprint density at radius 3 is 1.64 bits per heavy atom. The lowest BCUT2D eigenvalue weighted by molar-refractivity contribution is -0.135. The highest BCUT2D eigenvalue weighted by Crippen LogP contribution is 2.44. The predicted molar refractivity (Wildman–Crippen MR) is 468 cm³/mol. The van der Waals surface area contributed by atoms with Crippen molar-refractivity contribution in [3.05, 3.63) is 118 Å². The van der Waals surface area contributed by atoms with Gasteiger partial charge in [0.05, 0.1) is 108 Å². The summed E-state index contributed by atoms with van der Waals surface area (Å²) in [5, 5.41) is 34.1. The lowest BCUT2D eigenvalue weighted by Gasteiger charge is -2.33. The molecule has 8 bridgehead atoms. The molecule has 0 spiro atoms. The first kappa shape index (κ1) is 99.4. The monoisotopic (exact) mass is 1780 g/mol. The molecule has 0 aromatic heterocycles. The average Bonchev–Trinajstić information content (AvgIpc) is 1.58. The normalized spacial score (nSPS) is 20.9. The van der Waals surface area contributed by atoms with Crippen molar-refractivity contribution in [3.63, 3.8) is 0 Å². The van der Waals surface area contributed by atoms with Crippen molar-refractivity contribution in [2.45, 2.75) is 199 Å². The van der Waals surface area contributed by atoms with E-state index in [0.717, 1.165) is 0 Å². The Hall–Kier alpha value is -12.4. The summed E-state index contributed by atoms with van der Waals surface area (Å²) >= 11 is 0. The van der Waals surface area contributed by atoms with E-state index in [-0.39, 0.29) is 209 Å². The van der Waals surface area contributed by atoms with Gasteiger partial charge in [-0.05, 0) is 159 Å². The molecule has 12 amide bonds. The minimum Gasteiger partial charge on any atom is -0.493 e. The molecular formula is C90H121N13O25. The van der Waals surface area contributed by atoms with Crippen molar-refractivity contribution < 1.29 is 120 Å². The van der Waals surface area contributed by atoms with Gasteiger partial charge in [-0.2, -0.15) is 0 Å². The number of ether oxygens (including phenoxy) is 10. The number of allylic oxidation sites excluding steroid dienone is 1. The van der Waals surface area contributed by atoms with Crippen LogP contribution < -0.4 is 76.6 Å². The van der Waals surface area contributed by atoms with Crippen molar-refractivity contribution in [2.24, 2.45) is 0 Å². The number of carbonyl (C=O) groups is 14. The molecule has 4 aromatic rings. The maximum atomic E-state index is 14.8. The fraction of sp³-hybridized carbons (Fsp3) is 0.533. The highest BCUT2D eigenvalue weighted by Gasteiger charge is 2.45. The van der Waals surface area contributed by atoms with Crippen LogP contribution in [0.25, 0.3) is 0 Å². The summed E-state index contributed by atoms with van der Waals surface area (Å²) in [6, 6.07) is 10.5. The van der Waals surface area contributed by atoms with Crippen molar-refractivity contribution >= 4 is 106 Å². The van der Waals surface area contributed by atoms with E-state index in [9.17, 15) is 72.2 Å². The van der Waals surface area contributed by atoms with Crippen LogP contribution in [0.15, 0.2) is 96.2 Å². The van der Waals surface area contributed by atoms with E-state index in [1.807, 2.05) is 6.92 Å². The standard InChI is InChI=1S/C90H121N13O25/c1-54(50-123-42-40-119-7)91-34-15-13-21-68-84(111)96-63-32-28-61(29-33-63)52-128-90(118)103-59(6)70-23-18-37-101(70)87(114)66-45-75(122-10)77(48-72(66)103)126-39-19-38-125-76-47-71-65(44-74(76)121-9)86(113)100-36-17-20-64(100)49-102(71)89(117)127-51-60-26-30-62(31-27-60)95-83(110)67(22-14-16-35-92-80(107)53-124-43-41-120-8)98-81(108)57(4)93-79(106)46-69(85(112)94-58(5)82(109)99-68)97-78(105)25-12-11-24-73(104)55(2)56(3)88(115)116/h26-33,44-45,47-48,57-59,64,67-70,91H,1,11-25,34-43,46,49-53H2,2-10H3,(H,92,107)(H,93,106)(H,94,112)(H,95,110)(H,96,111)(H,97,105)(H,98,108)(H,99,109)(H,115,116)/t57-,58-,59?,64-,67-,68-,69+,70-/m0/s1. The van der Waals surface area contributed by atoms with Gasteiger partial charge in [0.1, 0.15) is 50.0 Å². The van der Waals surface area contributed by atoms with Crippen molar-refractivity contribution in [1.29, 1.82) is 0 Å². The molecule has 12 rings (SSSR count). The van der Waals surface area contributed by atoms with Gasteiger partial charge in [0.2, 0.25) is 47.3 Å².